The number of hydrogen-bond donors (Lipinski definition) is 3. The molecule has 0 aliphatic heterocycles. The van der Waals surface area contributed by atoms with Crippen LogP contribution in [0.1, 0.15) is 0 Å². The minimum atomic E-state index is -2.05. The SMILES string of the molecule is OB(O)Oc1c(F)ccc2[nH]ncc12. The molecule has 14 heavy (non-hydrogen) atoms. The number of aromatic amines is 1. The maximum absolute atomic E-state index is 13.2. The zero-order valence-electron chi connectivity index (χ0n) is 6.94. The molecule has 2 aromatic rings. The van der Waals surface area contributed by atoms with Crippen molar-refractivity contribution in [3.05, 3.63) is 24.1 Å². The topological polar surface area (TPSA) is 78.4 Å². The van der Waals surface area contributed by atoms with Crippen LogP contribution in [0.25, 0.3) is 10.9 Å². The Morgan fingerprint density at radius 1 is 1.43 bits per heavy atom. The van der Waals surface area contributed by atoms with E-state index in [1.54, 1.807) is 0 Å². The van der Waals surface area contributed by atoms with E-state index in [0.29, 0.717) is 10.9 Å². The van der Waals surface area contributed by atoms with Crippen LogP contribution in [0.2, 0.25) is 0 Å². The summed E-state index contributed by atoms with van der Waals surface area (Å²) in [6.07, 6.45) is 1.34. The summed E-state index contributed by atoms with van der Waals surface area (Å²) in [6, 6.07) is 2.63. The Morgan fingerprint density at radius 2 is 2.21 bits per heavy atom. The molecule has 0 radical (unpaired) electrons. The number of benzene rings is 1. The van der Waals surface area contributed by atoms with Crippen LogP contribution < -0.4 is 4.65 Å². The fraction of sp³-hybridized carbons (Fsp3) is 0. The van der Waals surface area contributed by atoms with Crippen molar-refractivity contribution in [2.45, 2.75) is 0 Å². The van der Waals surface area contributed by atoms with Gasteiger partial charge in [0.25, 0.3) is 0 Å². The predicted octanol–water partition coefficient (Wildman–Crippen LogP) is 0.0503. The highest BCUT2D eigenvalue weighted by molar-refractivity contribution is 6.34. The van der Waals surface area contributed by atoms with Crippen molar-refractivity contribution in [1.82, 2.24) is 10.2 Å². The van der Waals surface area contributed by atoms with E-state index in [9.17, 15) is 4.39 Å². The Kier molecular flexibility index (Phi) is 2.10. The normalized spacial score (nSPS) is 10.5. The zero-order chi connectivity index (χ0) is 10.1. The molecule has 2 rings (SSSR count). The first-order chi connectivity index (χ1) is 6.68. The Hall–Kier alpha value is -1.60. The average molecular weight is 196 g/mol. The molecule has 0 aliphatic rings. The second kappa shape index (κ2) is 3.28. The molecule has 0 unspecified atom stereocenters. The Labute approximate surface area is 78.3 Å². The van der Waals surface area contributed by atoms with Gasteiger partial charge in [0, 0.05) is 0 Å². The van der Waals surface area contributed by atoms with Gasteiger partial charge in [0.1, 0.15) is 0 Å². The van der Waals surface area contributed by atoms with Crippen molar-refractivity contribution in [2.75, 3.05) is 0 Å². The average Bonchev–Trinajstić information content (AvgIpc) is 2.57. The van der Waals surface area contributed by atoms with Gasteiger partial charge in [0.05, 0.1) is 17.1 Å². The van der Waals surface area contributed by atoms with Crippen LogP contribution in [0, 0.1) is 5.82 Å². The minimum Gasteiger partial charge on any atom is -0.509 e. The van der Waals surface area contributed by atoms with Crippen LogP contribution in [0.5, 0.6) is 5.75 Å². The molecule has 72 valence electrons. The summed E-state index contributed by atoms with van der Waals surface area (Å²) < 4.78 is 17.7. The minimum absolute atomic E-state index is 0.230. The summed E-state index contributed by atoms with van der Waals surface area (Å²) in [4.78, 5) is 0. The first-order valence-corrected chi connectivity index (χ1v) is 3.83. The van der Waals surface area contributed by atoms with E-state index in [-0.39, 0.29) is 5.75 Å². The number of rotatable bonds is 2. The highest BCUT2D eigenvalue weighted by Crippen LogP contribution is 2.27. The van der Waals surface area contributed by atoms with Gasteiger partial charge < -0.3 is 14.7 Å². The first kappa shape index (κ1) is 8.98. The number of hydrogen-bond acceptors (Lipinski definition) is 4. The fourth-order valence-corrected chi connectivity index (χ4v) is 1.19. The van der Waals surface area contributed by atoms with Crippen molar-refractivity contribution in [2.24, 2.45) is 0 Å². The lowest BCUT2D eigenvalue weighted by Crippen LogP contribution is -2.21. The quantitative estimate of drug-likeness (QED) is 0.593. The van der Waals surface area contributed by atoms with Crippen LogP contribution in [-0.4, -0.2) is 27.6 Å². The van der Waals surface area contributed by atoms with Crippen molar-refractivity contribution in [1.29, 1.82) is 0 Å². The number of fused-ring (bicyclic) bond motifs is 1. The highest BCUT2D eigenvalue weighted by atomic mass is 19.1. The van der Waals surface area contributed by atoms with Gasteiger partial charge in [-0.25, -0.2) is 4.39 Å². The molecule has 0 amide bonds. The second-order valence-corrected chi connectivity index (χ2v) is 2.65. The zero-order valence-corrected chi connectivity index (χ0v) is 6.94. The standard InChI is InChI=1S/C7H6BFN2O3/c9-5-1-2-6-4(3-10-11-6)7(5)14-8(12)13/h1-3,12-13H,(H,10,11). The molecule has 0 fully saturated rings. The molecule has 1 heterocycles. The molecule has 0 saturated carbocycles. The van der Waals surface area contributed by atoms with Gasteiger partial charge in [0.2, 0.25) is 0 Å². The molecule has 1 aromatic carbocycles. The van der Waals surface area contributed by atoms with Gasteiger partial charge in [-0.2, -0.15) is 5.10 Å². The molecule has 0 saturated heterocycles. The van der Waals surface area contributed by atoms with E-state index >= 15 is 0 Å². The highest BCUT2D eigenvalue weighted by Gasteiger charge is 2.17. The molecule has 1 aromatic heterocycles. The second-order valence-electron chi connectivity index (χ2n) is 2.65. The van der Waals surface area contributed by atoms with E-state index in [1.165, 1.54) is 12.3 Å². The number of aromatic nitrogens is 2. The molecular formula is C7H6BFN2O3. The van der Waals surface area contributed by atoms with Crippen molar-refractivity contribution < 1.29 is 19.1 Å². The van der Waals surface area contributed by atoms with Crippen molar-refractivity contribution in [3.8, 4) is 5.75 Å². The van der Waals surface area contributed by atoms with Crippen LogP contribution in [0.3, 0.4) is 0 Å². The summed E-state index contributed by atoms with van der Waals surface area (Å²) in [7, 11) is -2.05. The van der Waals surface area contributed by atoms with Gasteiger partial charge in [-0.05, 0) is 12.1 Å². The Morgan fingerprint density at radius 3 is 2.93 bits per heavy atom. The van der Waals surface area contributed by atoms with E-state index in [2.05, 4.69) is 14.9 Å². The summed E-state index contributed by atoms with van der Waals surface area (Å²) in [5.41, 5.74) is 0.557. The smallest absolute Gasteiger partial charge is 0.509 e. The number of nitrogens with zero attached hydrogens (tertiary/aromatic N) is 1. The largest absolute Gasteiger partial charge is 0.707 e. The molecule has 0 bridgehead atoms. The molecular weight excluding hydrogens is 190 g/mol. The third kappa shape index (κ3) is 1.43. The van der Waals surface area contributed by atoms with Gasteiger partial charge in [-0.3, -0.25) is 5.10 Å². The molecule has 0 spiro atoms. The van der Waals surface area contributed by atoms with Gasteiger partial charge >= 0.3 is 7.32 Å². The van der Waals surface area contributed by atoms with Crippen molar-refractivity contribution in [3.63, 3.8) is 0 Å². The number of nitrogens with one attached hydrogen (secondary N) is 1. The van der Waals surface area contributed by atoms with Gasteiger partial charge in [-0.1, -0.05) is 0 Å². The fourth-order valence-electron chi connectivity index (χ4n) is 1.19. The third-order valence-electron chi connectivity index (χ3n) is 1.75. The number of halogens is 1. The predicted molar refractivity (Wildman–Crippen MR) is 46.9 cm³/mol. The van der Waals surface area contributed by atoms with Crippen LogP contribution in [0.15, 0.2) is 18.3 Å². The lowest BCUT2D eigenvalue weighted by molar-refractivity contribution is 0.283. The van der Waals surface area contributed by atoms with Crippen LogP contribution in [0.4, 0.5) is 4.39 Å². The number of H-pyrrole nitrogens is 1. The first-order valence-electron chi connectivity index (χ1n) is 3.83. The molecule has 0 atom stereocenters. The van der Waals surface area contributed by atoms with Gasteiger partial charge in [-0.15, -0.1) is 0 Å². The molecule has 5 nitrogen and oxygen atoms in total. The molecule has 7 heteroatoms. The van der Waals surface area contributed by atoms with Crippen molar-refractivity contribution >= 4 is 18.2 Å². The summed E-state index contributed by atoms with van der Waals surface area (Å²) in [6.45, 7) is 0. The Balaban J connectivity index is 2.58. The lowest BCUT2D eigenvalue weighted by Gasteiger charge is -2.06. The maximum atomic E-state index is 13.2. The monoisotopic (exact) mass is 196 g/mol. The van der Waals surface area contributed by atoms with E-state index < -0.39 is 13.1 Å². The molecule has 0 aliphatic carbocycles. The van der Waals surface area contributed by atoms with E-state index in [4.69, 9.17) is 10.0 Å². The van der Waals surface area contributed by atoms with Gasteiger partial charge in [0.15, 0.2) is 11.6 Å². The summed E-state index contributed by atoms with van der Waals surface area (Å²) in [5, 5.41) is 23.8. The summed E-state index contributed by atoms with van der Waals surface area (Å²) >= 11 is 0. The maximum Gasteiger partial charge on any atom is 0.707 e. The third-order valence-corrected chi connectivity index (χ3v) is 1.75. The lowest BCUT2D eigenvalue weighted by atomic mass is 10.2. The van der Waals surface area contributed by atoms with E-state index in [0.717, 1.165) is 6.07 Å². The van der Waals surface area contributed by atoms with Crippen LogP contribution >= 0.6 is 0 Å². The van der Waals surface area contributed by atoms with Crippen LogP contribution in [-0.2, 0) is 0 Å². The van der Waals surface area contributed by atoms with E-state index in [1.807, 2.05) is 0 Å². The Bertz CT molecular complexity index is 459. The molecule has 3 N–H and O–H groups in total. The summed E-state index contributed by atoms with van der Waals surface area (Å²) in [5.74, 6) is -0.904.